The second kappa shape index (κ2) is 2.86. The number of hydrogen-bond donors (Lipinski definition) is 1. The van der Waals surface area contributed by atoms with E-state index in [1.54, 1.807) is 0 Å². The fourth-order valence-electron chi connectivity index (χ4n) is 1.33. The van der Waals surface area contributed by atoms with Crippen molar-refractivity contribution in [2.24, 2.45) is 0 Å². The van der Waals surface area contributed by atoms with E-state index in [1.807, 2.05) is 6.92 Å². The molecule has 1 aromatic rings. The average molecular weight is 206 g/mol. The number of anilines is 1. The van der Waals surface area contributed by atoms with Gasteiger partial charge in [-0.2, -0.15) is 18.2 Å². The van der Waals surface area contributed by atoms with Crippen LogP contribution in [-0.2, 0) is 12.7 Å². The minimum atomic E-state index is -4.46. The van der Waals surface area contributed by atoms with Crippen molar-refractivity contribution in [3.8, 4) is 0 Å². The molecule has 1 N–H and O–H groups in total. The Morgan fingerprint density at radius 1 is 1.50 bits per heavy atom. The van der Waals surface area contributed by atoms with Gasteiger partial charge in [0.1, 0.15) is 0 Å². The third-order valence-electron chi connectivity index (χ3n) is 2.07. The Kier molecular flexibility index (Phi) is 1.90. The average Bonchev–Trinajstić information content (AvgIpc) is 2.45. The molecule has 0 bridgehead atoms. The third kappa shape index (κ3) is 1.53. The highest BCUT2D eigenvalue weighted by Gasteiger charge is 2.37. The Labute approximate surface area is 78.1 Å². The maximum Gasteiger partial charge on any atom is 0.453 e. The molecule has 78 valence electrons. The van der Waals surface area contributed by atoms with Crippen molar-refractivity contribution < 1.29 is 13.2 Å². The lowest BCUT2D eigenvalue weighted by molar-refractivity contribution is -0.144. The normalized spacial score (nSPS) is 21.6. The van der Waals surface area contributed by atoms with Gasteiger partial charge < -0.3 is 5.32 Å². The molecule has 7 heteroatoms. The Bertz CT molecular complexity index is 343. The van der Waals surface area contributed by atoms with Gasteiger partial charge in [0.2, 0.25) is 5.95 Å². The first kappa shape index (κ1) is 9.29. The number of halogens is 3. The van der Waals surface area contributed by atoms with Crippen LogP contribution < -0.4 is 5.32 Å². The SMILES string of the molecule is CC1CCn2nc(C(F)(F)F)nc2N1. The van der Waals surface area contributed by atoms with Crippen molar-refractivity contribution in [3.05, 3.63) is 5.82 Å². The summed E-state index contributed by atoms with van der Waals surface area (Å²) in [6, 6.07) is 0.146. The summed E-state index contributed by atoms with van der Waals surface area (Å²) in [6.07, 6.45) is -3.71. The number of nitrogens with zero attached hydrogens (tertiary/aromatic N) is 3. The predicted octanol–water partition coefficient (Wildman–Crippen LogP) is 1.50. The first-order valence-electron chi connectivity index (χ1n) is 4.25. The van der Waals surface area contributed by atoms with Crippen LogP contribution in [0, 0.1) is 0 Å². The first-order valence-corrected chi connectivity index (χ1v) is 4.25. The van der Waals surface area contributed by atoms with E-state index in [2.05, 4.69) is 15.4 Å². The lowest BCUT2D eigenvalue weighted by Gasteiger charge is -2.20. The fourth-order valence-corrected chi connectivity index (χ4v) is 1.33. The minimum absolute atomic E-state index is 0.146. The Morgan fingerprint density at radius 3 is 2.86 bits per heavy atom. The van der Waals surface area contributed by atoms with E-state index < -0.39 is 12.0 Å². The molecule has 2 heterocycles. The number of rotatable bonds is 0. The van der Waals surface area contributed by atoms with Crippen LogP contribution in [0.15, 0.2) is 0 Å². The monoisotopic (exact) mass is 206 g/mol. The number of hydrogen-bond acceptors (Lipinski definition) is 3. The molecule has 0 aliphatic carbocycles. The van der Waals surface area contributed by atoms with Gasteiger partial charge in [0.25, 0.3) is 5.82 Å². The molecule has 0 aromatic carbocycles. The molecule has 0 spiro atoms. The molecule has 4 nitrogen and oxygen atoms in total. The molecule has 0 saturated heterocycles. The highest BCUT2D eigenvalue weighted by molar-refractivity contribution is 5.28. The number of aromatic nitrogens is 3. The molecule has 2 rings (SSSR count). The second-order valence-electron chi connectivity index (χ2n) is 3.31. The van der Waals surface area contributed by atoms with Gasteiger partial charge in [0, 0.05) is 12.6 Å². The van der Waals surface area contributed by atoms with Crippen LogP contribution in [0.2, 0.25) is 0 Å². The number of nitrogens with one attached hydrogen (secondary N) is 1. The van der Waals surface area contributed by atoms with Crippen LogP contribution in [-0.4, -0.2) is 20.8 Å². The molecule has 14 heavy (non-hydrogen) atoms. The molecule has 1 atom stereocenters. The number of alkyl halides is 3. The van der Waals surface area contributed by atoms with Crippen LogP contribution in [0.25, 0.3) is 0 Å². The van der Waals surface area contributed by atoms with Gasteiger partial charge in [0.05, 0.1) is 0 Å². The third-order valence-corrected chi connectivity index (χ3v) is 2.07. The number of fused-ring (bicyclic) bond motifs is 1. The maximum atomic E-state index is 12.2. The van der Waals surface area contributed by atoms with E-state index >= 15 is 0 Å². The highest BCUT2D eigenvalue weighted by atomic mass is 19.4. The Hall–Kier alpha value is -1.27. The van der Waals surface area contributed by atoms with E-state index in [-0.39, 0.29) is 12.0 Å². The fraction of sp³-hybridized carbons (Fsp3) is 0.714. The molecule has 1 aromatic heterocycles. The molecular weight excluding hydrogens is 197 g/mol. The zero-order valence-corrected chi connectivity index (χ0v) is 7.47. The molecule has 0 fully saturated rings. The van der Waals surface area contributed by atoms with E-state index in [1.165, 1.54) is 4.68 Å². The molecule has 0 saturated carbocycles. The summed E-state index contributed by atoms with van der Waals surface area (Å²) in [5.41, 5.74) is 0. The van der Waals surface area contributed by atoms with Gasteiger partial charge in [-0.25, -0.2) is 4.68 Å². The second-order valence-corrected chi connectivity index (χ2v) is 3.31. The zero-order chi connectivity index (χ0) is 10.3. The lowest BCUT2D eigenvalue weighted by atomic mass is 10.2. The summed E-state index contributed by atoms with van der Waals surface area (Å²) < 4.78 is 37.9. The summed E-state index contributed by atoms with van der Waals surface area (Å²) in [5, 5.41) is 6.22. The summed E-state index contributed by atoms with van der Waals surface area (Å²) in [7, 11) is 0. The Morgan fingerprint density at radius 2 is 2.21 bits per heavy atom. The van der Waals surface area contributed by atoms with Crippen molar-refractivity contribution in [2.75, 3.05) is 5.32 Å². The largest absolute Gasteiger partial charge is 0.453 e. The Balaban J connectivity index is 2.32. The maximum absolute atomic E-state index is 12.2. The van der Waals surface area contributed by atoms with E-state index in [4.69, 9.17) is 0 Å². The smallest absolute Gasteiger partial charge is 0.352 e. The molecule has 0 radical (unpaired) electrons. The van der Waals surface area contributed by atoms with Crippen molar-refractivity contribution in [3.63, 3.8) is 0 Å². The summed E-state index contributed by atoms with van der Waals surface area (Å²) >= 11 is 0. The van der Waals surface area contributed by atoms with E-state index in [0.29, 0.717) is 6.54 Å². The quantitative estimate of drug-likeness (QED) is 0.699. The van der Waals surface area contributed by atoms with Crippen LogP contribution in [0.1, 0.15) is 19.2 Å². The van der Waals surface area contributed by atoms with Crippen LogP contribution in [0.4, 0.5) is 19.1 Å². The van der Waals surface area contributed by atoms with Gasteiger partial charge >= 0.3 is 6.18 Å². The van der Waals surface area contributed by atoms with Gasteiger partial charge in [-0.3, -0.25) is 0 Å². The zero-order valence-electron chi connectivity index (χ0n) is 7.47. The summed E-state index contributed by atoms with van der Waals surface area (Å²) in [6.45, 7) is 2.37. The lowest BCUT2D eigenvalue weighted by Crippen LogP contribution is -2.26. The molecule has 1 unspecified atom stereocenters. The minimum Gasteiger partial charge on any atom is -0.352 e. The van der Waals surface area contributed by atoms with Crippen molar-refractivity contribution in [1.82, 2.24) is 14.8 Å². The van der Waals surface area contributed by atoms with Gasteiger partial charge in [-0.15, -0.1) is 5.10 Å². The van der Waals surface area contributed by atoms with E-state index in [0.717, 1.165) is 6.42 Å². The summed E-state index contributed by atoms with van der Waals surface area (Å²) in [4.78, 5) is 3.39. The molecular formula is C7H9F3N4. The number of aryl methyl sites for hydroxylation is 1. The van der Waals surface area contributed by atoms with E-state index in [9.17, 15) is 13.2 Å². The van der Waals surface area contributed by atoms with Crippen LogP contribution in [0.3, 0.4) is 0 Å². The molecule has 1 aliphatic heterocycles. The van der Waals surface area contributed by atoms with Gasteiger partial charge in [0.15, 0.2) is 0 Å². The van der Waals surface area contributed by atoms with Gasteiger partial charge in [-0.05, 0) is 13.3 Å². The highest BCUT2D eigenvalue weighted by Crippen LogP contribution is 2.28. The van der Waals surface area contributed by atoms with Crippen LogP contribution in [0.5, 0.6) is 0 Å². The first-order chi connectivity index (χ1) is 6.47. The standard InChI is InChI=1S/C7H9F3N4/c1-4-2-3-14-6(11-4)12-5(13-14)7(8,9)10/h4H,2-3H2,1H3,(H,11,12,13). The van der Waals surface area contributed by atoms with Crippen molar-refractivity contribution >= 4 is 5.95 Å². The van der Waals surface area contributed by atoms with Gasteiger partial charge in [-0.1, -0.05) is 0 Å². The topological polar surface area (TPSA) is 42.7 Å². The predicted molar refractivity (Wildman–Crippen MR) is 42.7 cm³/mol. The molecule has 1 aliphatic rings. The van der Waals surface area contributed by atoms with Crippen LogP contribution >= 0.6 is 0 Å². The van der Waals surface area contributed by atoms with Crippen molar-refractivity contribution in [2.45, 2.75) is 32.1 Å². The summed E-state index contributed by atoms with van der Waals surface area (Å²) in [5.74, 6) is -0.870. The molecule has 0 amide bonds. The van der Waals surface area contributed by atoms with Crippen molar-refractivity contribution in [1.29, 1.82) is 0 Å².